The molecule has 1 aliphatic rings. The van der Waals surface area contributed by atoms with Crippen LogP contribution < -0.4 is 15.5 Å². The summed E-state index contributed by atoms with van der Waals surface area (Å²) >= 11 is 0. The number of nitrogens with zero attached hydrogens (tertiary/aromatic N) is 1. The number of anilines is 3. The highest BCUT2D eigenvalue weighted by molar-refractivity contribution is 6.06. The Kier molecular flexibility index (Phi) is 6.12. The summed E-state index contributed by atoms with van der Waals surface area (Å²) < 4.78 is 0. The minimum absolute atomic E-state index is 0.0392. The molecule has 1 heterocycles. The van der Waals surface area contributed by atoms with Crippen LogP contribution >= 0.6 is 0 Å². The third-order valence-corrected chi connectivity index (χ3v) is 4.79. The van der Waals surface area contributed by atoms with Gasteiger partial charge in [-0.25, -0.2) is 0 Å². The van der Waals surface area contributed by atoms with Gasteiger partial charge in [0.15, 0.2) is 0 Å². The molecular formula is C22H27N3O2. The van der Waals surface area contributed by atoms with Gasteiger partial charge in [-0.3, -0.25) is 9.59 Å². The van der Waals surface area contributed by atoms with Gasteiger partial charge in [-0.15, -0.1) is 0 Å². The fraction of sp³-hybridized carbons (Fsp3) is 0.364. The molecule has 5 nitrogen and oxygen atoms in total. The molecule has 142 valence electrons. The Morgan fingerprint density at radius 1 is 0.889 bits per heavy atom. The van der Waals surface area contributed by atoms with Crippen molar-refractivity contribution in [2.45, 2.75) is 33.1 Å². The predicted molar refractivity (Wildman–Crippen MR) is 110 cm³/mol. The molecule has 2 amide bonds. The topological polar surface area (TPSA) is 61.4 Å². The lowest BCUT2D eigenvalue weighted by Gasteiger charge is -2.30. The fourth-order valence-electron chi connectivity index (χ4n) is 3.18. The van der Waals surface area contributed by atoms with E-state index in [1.54, 1.807) is 24.3 Å². The fourth-order valence-corrected chi connectivity index (χ4v) is 3.18. The van der Waals surface area contributed by atoms with Gasteiger partial charge >= 0.3 is 0 Å². The quantitative estimate of drug-likeness (QED) is 0.819. The molecule has 2 aromatic rings. The molecule has 2 N–H and O–H groups in total. The molecule has 3 rings (SSSR count). The van der Waals surface area contributed by atoms with E-state index < -0.39 is 0 Å². The Hall–Kier alpha value is -2.82. The first-order valence-corrected chi connectivity index (χ1v) is 9.61. The lowest BCUT2D eigenvalue weighted by Crippen LogP contribution is -2.30. The van der Waals surface area contributed by atoms with Crippen molar-refractivity contribution in [2.75, 3.05) is 28.6 Å². The van der Waals surface area contributed by atoms with Crippen molar-refractivity contribution >= 4 is 28.9 Å². The van der Waals surface area contributed by atoms with Crippen molar-refractivity contribution < 1.29 is 9.59 Å². The highest BCUT2D eigenvalue weighted by Gasteiger charge is 2.16. The number of hydrogen-bond acceptors (Lipinski definition) is 3. The average Bonchev–Trinajstić information content (AvgIpc) is 2.69. The number of amides is 2. The molecule has 1 saturated heterocycles. The normalized spacial score (nSPS) is 14.1. The third kappa shape index (κ3) is 4.88. The van der Waals surface area contributed by atoms with Gasteiger partial charge in [-0.2, -0.15) is 0 Å². The third-order valence-electron chi connectivity index (χ3n) is 4.79. The molecule has 0 spiro atoms. The molecule has 0 atom stereocenters. The summed E-state index contributed by atoms with van der Waals surface area (Å²) in [5, 5.41) is 5.87. The molecule has 1 fully saturated rings. The van der Waals surface area contributed by atoms with Gasteiger partial charge in [0.2, 0.25) is 5.91 Å². The highest BCUT2D eigenvalue weighted by Crippen LogP contribution is 2.28. The minimum Gasteiger partial charge on any atom is -0.370 e. The van der Waals surface area contributed by atoms with Crippen molar-refractivity contribution in [3.63, 3.8) is 0 Å². The maximum atomic E-state index is 12.7. The molecule has 0 saturated carbocycles. The summed E-state index contributed by atoms with van der Waals surface area (Å²) in [5.41, 5.74) is 3.16. The first-order valence-electron chi connectivity index (χ1n) is 9.61. The van der Waals surface area contributed by atoms with Crippen LogP contribution in [-0.4, -0.2) is 24.9 Å². The molecule has 5 heteroatoms. The molecule has 0 radical (unpaired) electrons. The molecule has 0 bridgehead atoms. The van der Waals surface area contributed by atoms with Crippen LogP contribution in [-0.2, 0) is 4.79 Å². The van der Waals surface area contributed by atoms with E-state index in [-0.39, 0.29) is 17.7 Å². The Balaban J connectivity index is 1.69. The molecule has 27 heavy (non-hydrogen) atoms. The van der Waals surface area contributed by atoms with Crippen molar-refractivity contribution in [2.24, 2.45) is 5.92 Å². The summed E-state index contributed by atoms with van der Waals surface area (Å²) in [4.78, 5) is 26.8. The monoisotopic (exact) mass is 365 g/mol. The molecule has 2 aromatic carbocycles. The van der Waals surface area contributed by atoms with Gasteiger partial charge in [0.05, 0.1) is 11.4 Å². The van der Waals surface area contributed by atoms with Crippen molar-refractivity contribution in [3.8, 4) is 0 Å². The van der Waals surface area contributed by atoms with E-state index in [0.717, 1.165) is 24.5 Å². The Labute approximate surface area is 160 Å². The number of carbonyl (C=O) groups is 2. The number of benzene rings is 2. The van der Waals surface area contributed by atoms with Crippen LogP contribution in [0.25, 0.3) is 0 Å². The number of carbonyl (C=O) groups excluding carboxylic acids is 2. The average molecular weight is 365 g/mol. The molecule has 0 unspecified atom stereocenters. The van der Waals surface area contributed by atoms with Gasteiger partial charge < -0.3 is 15.5 Å². The van der Waals surface area contributed by atoms with E-state index in [0.29, 0.717) is 11.3 Å². The van der Waals surface area contributed by atoms with E-state index in [4.69, 9.17) is 0 Å². The number of piperidine rings is 1. The van der Waals surface area contributed by atoms with E-state index >= 15 is 0 Å². The van der Waals surface area contributed by atoms with Crippen LogP contribution in [0.4, 0.5) is 17.1 Å². The Bertz CT molecular complexity index is 793. The zero-order chi connectivity index (χ0) is 19.2. The molecular weight excluding hydrogens is 338 g/mol. The van der Waals surface area contributed by atoms with Crippen LogP contribution in [0.15, 0.2) is 48.5 Å². The van der Waals surface area contributed by atoms with Crippen LogP contribution in [0.1, 0.15) is 43.5 Å². The second-order valence-corrected chi connectivity index (χ2v) is 7.24. The number of hydrogen-bond donors (Lipinski definition) is 2. The van der Waals surface area contributed by atoms with Crippen molar-refractivity contribution in [3.05, 3.63) is 54.1 Å². The summed E-state index contributed by atoms with van der Waals surface area (Å²) in [6.45, 7) is 5.74. The van der Waals surface area contributed by atoms with E-state index in [1.807, 2.05) is 32.0 Å². The van der Waals surface area contributed by atoms with Gasteiger partial charge in [0, 0.05) is 30.3 Å². The predicted octanol–water partition coefficient (Wildman–Crippen LogP) is 4.52. The highest BCUT2D eigenvalue weighted by atomic mass is 16.2. The number of para-hydroxylation sites is 2. The standard InChI is InChI=1S/C22H27N3O2/c1-16(2)21(26)23-18-12-10-17(11-13-18)22(27)24-19-8-4-5-9-20(19)25-14-6-3-7-15-25/h4-5,8-13,16H,3,6-7,14-15H2,1-2H3,(H,23,26)(H,24,27). The zero-order valence-electron chi connectivity index (χ0n) is 16.0. The van der Waals surface area contributed by atoms with E-state index in [9.17, 15) is 9.59 Å². The smallest absolute Gasteiger partial charge is 0.255 e. The summed E-state index contributed by atoms with van der Waals surface area (Å²) in [6, 6.07) is 14.9. The lowest BCUT2D eigenvalue weighted by atomic mass is 10.1. The first kappa shape index (κ1) is 19.0. The number of rotatable bonds is 5. The van der Waals surface area contributed by atoms with Crippen LogP contribution in [0.2, 0.25) is 0 Å². The summed E-state index contributed by atoms with van der Waals surface area (Å²) in [6.07, 6.45) is 3.64. The lowest BCUT2D eigenvalue weighted by molar-refractivity contribution is -0.118. The van der Waals surface area contributed by atoms with E-state index in [1.165, 1.54) is 19.3 Å². The second-order valence-electron chi connectivity index (χ2n) is 7.24. The van der Waals surface area contributed by atoms with Gasteiger partial charge in [0.25, 0.3) is 5.91 Å². The van der Waals surface area contributed by atoms with Crippen LogP contribution in [0, 0.1) is 5.92 Å². The van der Waals surface area contributed by atoms with E-state index in [2.05, 4.69) is 21.6 Å². The first-order chi connectivity index (χ1) is 13.0. The second kappa shape index (κ2) is 8.71. The van der Waals surface area contributed by atoms with Gasteiger partial charge in [0.1, 0.15) is 0 Å². The van der Waals surface area contributed by atoms with Crippen LogP contribution in [0.5, 0.6) is 0 Å². The Morgan fingerprint density at radius 3 is 2.22 bits per heavy atom. The van der Waals surface area contributed by atoms with Gasteiger partial charge in [-0.1, -0.05) is 26.0 Å². The number of nitrogens with one attached hydrogen (secondary N) is 2. The SMILES string of the molecule is CC(C)C(=O)Nc1ccc(C(=O)Nc2ccccc2N2CCCCC2)cc1. The zero-order valence-corrected chi connectivity index (χ0v) is 16.0. The molecule has 0 aromatic heterocycles. The maximum Gasteiger partial charge on any atom is 0.255 e. The summed E-state index contributed by atoms with van der Waals surface area (Å²) in [7, 11) is 0. The van der Waals surface area contributed by atoms with Crippen LogP contribution in [0.3, 0.4) is 0 Å². The summed E-state index contributed by atoms with van der Waals surface area (Å²) in [5.74, 6) is -0.275. The molecule has 1 aliphatic heterocycles. The minimum atomic E-state index is -0.152. The van der Waals surface area contributed by atoms with Crippen molar-refractivity contribution in [1.82, 2.24) is 0 Å². The van der Waals surface area contributed by atoms with Gasteiger partial charge in [-0.05, 0) is 55.7 Å². The molecule has 0 aliphatic carbocycles. The Morgan fingerprint density at radius 2 is 1.56 bits per heavy atom. The largest absolute Gasteiger partial charge is 0.370 e. The van der Waals surface area contributed by atoms with Crippen molar-refractivity contribution in [1.29, 1.82) is 0 Å². The maximum absolute atomic E-state index is 12.7.